The molecule has 0 unspecified atom stereocenters. The molecular weight excluding hydrogens is 392 g/mol. The highest BCUT2D eigenvalue weighted by Gasteiger charge is 2.30. The lowest BCUT2D eigenvalue weighted by molar-refractivity contribution is 0.0601. The number of thiophene rings is 1. The molecular formula is C24H24N4OS. The maximum atomic E-state index is 13.1. The third kappa shape index (κ3) is 3.82. The Kier molecular flexibility index (Phi) is 5.84. The van der Waals surface area contributed by atoms with E-state index in [-0.39, 0.29) is 11.9 Å². The number of carbonyl (C=O) groups excluding carboxylic acids is 1. The van der Waals surface area contributed by atoms with Gasteiger partial charge in [-0.3, -0.25) is 9.69 Å². The largest absolute Gasteiger partial charge is 0.389 e. The lowest BCUT2D eigenvalue weighted by Crippen LogP contribution is -2.49. The number of carbonyl (C=O) groups is 1. The molecule has 1 aromatic heterocycles. The lowest BCUT2D eigenvalue weighted by Gasteiger charge is -2.39. The number of rotatable bonds is 4. The van der Waals surface area contributed by atoms with Crippen molar-refractivity contribution in [2.24, 2.45) is 0 Å². The van der Waals surface area contributed by atoms with E-state index in [1.165, 1.54) is 22.5 Å². The monoisotopic (exact) mass is 416 g/mol. The SMILES string of the molecule is Cc1c(C(=O)N2CCN(C(c3ccccc3)c3ccccc3)CC2)sc(N)c1C#N. The van der Waals surface area contributed by atoms with E-state index in [1.807, 2.05) is 17.0 Å². The highest BCUT2D eigenvalue weighted by molar-refractivity contribution is 7.18. The van der Waals surface area contributed by atoms with Crippen molar-refractivity contribution in [3.63, 3.8) is 0 Å². The zero-order valence-electron chi connectivity index (χ0n) is 16.9. The molecule has 0 atom stereocenters. The van der Waals surface area contributed by atoms with E-state index in [9.17, 15) is 10.1 Å². The minimum Gasteiger partial charge on any atom is -0.389 e. The van der Waals surface area contributed by atoms with Gasteiger partial charge in [0.1, 0.15) is 11.1 Å². The van der Waals surface area contributed by atoms with Crippen LogP contribution >= 0.6 is 11.3 Å². The van der Waals surface area contributed by atoms with Gasteiger partial charge in [-0.2, -0.15) is 5.26 Å². The molecule has 30 heavy (non-hydrogen) atoms. The molecule has 1 aliphatic heterocycles. The van der Waals surface area contributed by atoms with Crippen LogP contribution in [-0.4, -0.2) is 41.9 Å². The van der Waals surface area contributed by atoms with Crippen LogP contribution in [0.2, 0.25) is 0 Å². The quantitative estimate of drug-likeness (QED) is 0.696. The predicted molar refractivity (Wildman–Crippen MR) is 120 cm³/mol. The summed E-state index contributed by atoms with van der Waals surface area (Å²) in [7, 11) is 0. The van der Waals surface area contributed by atoms with Gasteiger partial charge in [-0.25, -0.2) is 0 Å². The second-order valence-electron chi connectivity index (χ2n) is 7.46. The minimum absolute atomic E-state index is 0.0266. The third-order valence-electron chi connectivity index (χ3n) is 5.68. The summed E-state index contributed by atoms with van der Waals surface area (Å²) in [4.78, 5) is 18.0. The zero-order valence-corrected chi connectivity index (χ0v) is 17.7. The van der Waals surface area contributed by atoms with Gasteiger partial charge in [-0.1, -0.05) is 60.7 Å². The zero-order chi connectivity index (χ0) is 21.1. The highest BCUT2D eigenvalue weighted by atomic mass is 32.1. The molecule has 1 aliphatic rings. The number of nitrogens with two attached hydrogens (primary N) is 1. The van der Waals surface area contributed by atoms with Crippen molar-refractivity contribution in [1.29, 1.82) is 5.26 Å². The van der Waals surface area contributed by atoms with E-state index < -0.39 is 0 Å². The molecule has 5 nitrogen and oxygen atoms in total. The molecule has 0 bridgehead atoms. The molecule has 2 aromatic carbocycles. The van der Waals surface area contributed by atoms with Crippen LogP contribution in [0.4, 0.5) is 5.00 Å². The Hall–Kier alpha value is -3.14. The molecule has 152 valence electrons. The number of amides is 1. The van der Waals surface area contributed by atoms with Gasteiger partial charge in [0.15, 0.2) is 0 Å². The Morgan fingerprint density at radius 3 is 2.00 bits per heavy atom. The van der Waals surface area contributed by atoms with Crippen LogP contribution in [0.25, 0.3) is 0 Å². The molecule has 4 rings (SSSR count). The van der Waals surface area contributed by atoms with Gasteiger partial charge in [0.2, 0.25) is 0 Å². The van der Waals surface area contributed by atoms with E-state index in [4.69, 9.17) is 5.73 Å². The van der Waals surface area contributed by atoms with Gasteiger partial charge in [-0.15, -0.1) is 11.3 Å². The molecule has 3 aromatic rings. The fraction of sp³-hybridized carbons (Fsp3) is 0.250. The summed E-state index contributed by atoms with van der Waals surface area (Å²) in [5.74, 6) is -0.0266. The van der Waals surface area contributed by atoms with Crippen molar-refractivity contribution >= 4 is 22.2 Å². The van der Waals surface area contributed by atoms with Crippen molar-refractivity contribution in [1.82, 2.24) is 9.80 Å². The topological polar surface area (TPSA) is 73.4 Å². The summed E-state index contributed by atoms with van der Waals surface area (Å²) in [6.07, 6.45) is 0. The Morgan fingerprint density at radius 1 is 1.00 bits per heavy atom. The number of nitrogens with zero attached hydrogens (tertiary/aromatic N) is 3. The molecule has 0 aliphatic carbocycles. The highest BCUT2D eigenvalue weighted by Crippen LogP contribution is 2.32. The Bertz CT molecular complexity index is 1020. The summed E-state index contributed by atoms with van der Waals surface area (Å²) in [5.41, 5.74) is 9.55. The van der Waals surface area contributed by atoms with Gasteiger partial charge >= 0.3 is 0 Å². The van der Waals surface area contributed by atoms with Crippen LogP contribution < -0.4 is 5.73 Å². The first-order chi connectivity index (χ1) is 14.6. The van der Waals surface area contributed by atoms with Gasteiger partial charge in [0.05, 0.1) is 16.5 Å². The van der Waals surface area contributed by atoms with E-state index in [0.717, 1.165) is 13.1 Å². The van der Waals surface area contributed by atoms with Gasteiger partial charge in [0, 0.05) is 26.2 Å². The smallest absolute Gasteiger partial charge is 0.264 e. The predicted octanol–water partition coefficient (Wildman–Crippen LogP) is 4.06. The maximum absolute atomic E-state index is 13.1. The molecule has 0 radical (unpaired) electrons. The van der Waals surface area contributed by atoms with Gasteiger partial charge in [-0.05, 0) is 23.6 Å². The summed E-state index contributed by atoms with van der Waals surface area (Å²) < 4.78 is 0. The van der Waals surface area contributed by atoms with E-state index >= 15 is 0 Å². The van der Waals surface area contributed by atoms with Crippen molar-refractivity contribution in [3.8, 4) is 6.07 Å². The molecule has 1 amide bonds. The standard InChI is InChI=1S/C24H24N4OS/c1-17-20(16-25)23(26)30-22(17)24(29)28-14-12-27(13-15-28)21(18-8-4-2-5-9-18)19-10-6-3-7-11-19/h2-11,21H,12-15,26H2,1H3. The van der Waals surface area contributed by atoms with Crippen LogP contribution in [0.5, 0.6) is 0 Å². The first kappa shape index (κ1) is 20.1. The van der Waals surface area contributed by atoms with Crippen LogP contribution in [-0.2, 0) is 0 Å². The first-order valence-corrected chi connectivity index (χ1v) is 10.8. The fourth-order valence-electron chi connectivity index (χ4n) is 4.09. The van der Waals surface area contributed by atoms with E-state index in [0.29, 0.717) is 34.1 Å². The number of piperazine rings is 1. The van der Waals surface area contributed by atoms with Gasteiger partial charge < -0.3 is 10.6 Å². The molecule has 6 heteroatoms. The number of benzene rings is 2. The first-order valence-electron chi connectivity index (χ1n) is 10.0. The summed E-state index contributed by atoms with van der Waals surface area (Å²) >= 11 is 1.22. The van der Waals surface area contributed by atoms with Crippen molar-refractivity contribution < 1.29 is 4.79 Å². The van der Waals surface area contributed by atoms with Crippen molar-refractivity contribution in [2.45, 2.75) is 13.0 Å². The lowest BCUT2D eigenvalue weighted by atomic mass is 9.96. The number of hydrogen-bond acceptors (Lipinski definition) is 5. The Balaban J connectivity index is 1.53. The normalized spacial score (nSPS) is 14.6. The Labute approximate surface area is 181 Å². The summed E-state index contributed by atoms with van der Waals surface area (Å²) in [5, 5.41) is 9.68. The van der Waals surface area contributed by atoms with Gasteiger partial charge in [0.25, 0.3) is 5.91 Å². The third-order valence-corrected chi connectivity index (χ3v) is 6.79. The number of hydrogen-bond donors (Lipinski definition) is 1. The van der Waals surface area contributed by atoms with Crippen LogP contribution in [0.15, 0.2) is 60.7 Å². The minimum atomic E-state index is -0.0266. The van der Waals surface area contributed by atoms with Crippen LogP contribution in [0.3, 0.4) is 0 Å². The number of nitriles is 1. The average Bonchev–Trinajstić information content (AvgIpc) is 3.08. The number of nitrogen functional groups attached to an aromatic ring is 1. The number of anilines is 1. The second-order valence-corrected chi connectivity index (χ2v) is 8.51. The molecule has 2 N–H and O–H groups in total. The van der Waals surface area contributed by atoms with Crippen molar-refractivity contribution in [2.75, 3.05) is 31.9 Å². The molecule has 1 fully saturated rings. The maximum Gasteiger partial charge on any atom is 0.264 e. The molecule has 0 saturated carbocycles. The fourth-order valence-corrected chi connectivity index (χ4v) is 5.08. The second kappa shape index (κ2) is 8.70. The molecule has 2 heterocycles. The van der Waals surface area contributed by atoms with Crippen molar-refractivity contribution in [3.05, 3.63) is 87.8 Å². The summed E-state index contributed by atoms with van der Waals surface area (Å²) in [6.45, 7) is 4.66. The molecule has 1 saturated heterocycles. The van der Waals surface area contributed by atoms with Crippen LogP contribution in [0, 0.1) is 18.3 Å². The Morgan fingerprint density at radius 2 is 1.53 bits per heavy atom. The van der Waals surface area contributed by atoms with E-state index in [2.05, 4.69) is 59.5 Å². The average molecular weight is 417 g/mol. The van der Waals surface area contributed by atoms with E-state index in [1.54, 1.807) is 6.92 Å². The summed E-state index contributed by atoms with van der Waals surface area (Å²) in [6, 6.07) is 23.3. The molecule has 0 spiro atoms. The van der Waals surface area contributed by atoms with Crippen LogP contribution in [0.1, 0.15) is 38.0 Å².